The molecule has 3 heterocycles. The van der Waals surface area contributed by atoms with Gasteiger partial charge in [-0.05, 0) is 30.7 Å². The molecule has 0 bridgehead atoms. The topological polar surface area (TPSA) is 77.6 Å². The lowest BCUT2D eigenvalue weighted by Gasteiger charge is -2.12. The number of nitrogens with zero attached hydrogens (tertiary/aromatic N) is 5. The van der Waals surface area contributed by atoms with E-state index in [9.17, 15) is 4.79 Å². The van der Waals surface area contributed by atoms with Gasteiger partial charge in [-0.25, -0.2) is 9.67 Å². The molecule has 0 aliphatic carbocycles. The zero-order chi connectivity index (χ0) is 23.8. The molecule has 9 heteroatoms. The molecule has 1 N–H and O–H groups in total. The maximum Gasteiger partial charge on any atom is 0.257 e. The fourth-order valence-electron chi connectivity index (χ4n) is 3.94. The number of amides is 1. The first-order chi connectivity index (χ1) is 16.4. The van der Waals surface area contributed by atoms with E-state index in [4.69, 9.17) is 28.2 Å². The number of carbonyl (C=O) groups excluding carboxylic acids is 1. The summed E-state index contributed by atoms with van der Waals surface area (Å²) in [5.41, 5.74) is 4.32. The van der Waals surface area contributed by atoms with Crippen molar-refractivity contribution in [2.75, 3.05) is 5.32 Å². The Kier molecular flexibility index (Phi) is 5.81. The van der Waals surface area contributed by atoms with Gasteiger partial charge in [0, 0.05) is 28.7 Å². The molecule has 0 aliphatic rings. The Morgan fingerprint density at radius 1 is 1.06 bits per heavy atom. The van der Waals surface area contributed by atoms with E-state index in [1.165, 1.54) is 0 Å². The minimum Gasteiger partial charge on any atom is -0.307 e. The average molecular weight is 491 g/mol. The molecule has 7 nitrogen and oxygen atoms in total. The third-order valence-corrected chi connectivity index (χ3v) is 6.16. The van der Waals surface area contributed by atoms with E-state index >= 15 is 0 Å². The molecular formula is C25H20Cl2N6O. The highest BCUT2D eigenvalue weighted by molar-refractivity contribution is 6.35. The molecule has 0 spiro atoms. The maximum absolute atomic E-state index is 13.5. The third kappa shape index (κ3) is 4.16. The number of pyridine rings is 1. The zero-order valence-electron chi connectivity index (χ0n) is 18.5. The predicted molar refractivity (Wildman–Crippen MR) is 134 cm³/mol. The van der Waals surface area contributed by atoms with Crippen LogP contribution in [0, 0.1) is 6.92 Å². The first-order valence-corrected chi connectivity index (χ1v) is 11.3. The van der Waals surface area contributed by atoms with E-state index in [1.54, 1.807) is 39.8 Å². The van der Waals surface area contributed by atoms with E-state index in [0.29, 0.717) is 44.7 Å². The number of aromatic nitrogens is 5. The van der Waals surface area contributed by atoms with Crippen LogP contribution in [0.5, 0.6) is 0 Å². The summed E-state index contributed by atoms with van der Waals surface area (Å²) in [5, 5.41) is 13.6. The number of benzene rings is 2. The van der Waals surface area contributed by atoms with Crippen LogP contribution in [0.15, 0.2) is 66.9 Å². The summed E-state index contributed by atoms with van der Waals surface area (Å²) in [6, 6.07) is 18.6. The molecule has 0 aliphatic heterocycles. The van der Waals surface area contributed by atoms with Crippen LogP contribution in [0.2, 0.25) is 10.0 Å². The number of hydrogen-bond acceptors (Lipinski definition) is 4. The van der Waals surface area contributed by atoms with Crippen molar-refractivity contribution in [2.45, 2.75) is 13.5 Å². The van der Waals surface area contributed by atoms with E-state index in [1.807, 2.05) is 50.4 Å². The number of carbonyl (C=O) groups is 1. The largest absolute Gasteiger partial charge is 0.307 e. The molecule has 170 valence electrons. The van der Waals surface area contributed by atoms with Crippen molar-refractivity contribution in [3.05, 3.63) is 93.7 Å². The number of nitrogens with one attached hydrogen (secondary N) is 1. The summed E-state index contributed by atoms with van der Waals surface area (Å²) in [4.78, 5) is 18.3. The fraction of sp³-hybridized carbons (Fsp3) is 0.120. The smallest absolute Gasteiger partial charge is 0.257 e. The number of halogens is 2. The highest BCUT2D eigenvalue weighted by atomic mass is 35.5. The highest BCUT2D eigenvalue weighted by Crippen LogP contribution is 2.28. The number of anilines is 1. The van der Waals surface area contributed by atoms with Crippen molar-refractivity contribution in [1.82, 2.24) is 24.5 Å². The lowest BCUT2D eigenvalue weighted by molar-refractivity contribution is 0.102. The first kappa shape index (κ1) is 22.1. The Hall–Kier alpha value is -3.68. The summed E-state index contributed by atoms with van der Waals surface area (Å²) in [6.45, 7) is 2.25. The van der Waals surface area contributed by atoms with Crippen molar-refractivity contribution in [3.8, 4) is 11.3 Å². The second-order valence-electron chi connectivity index (χ2n) is 7.89. The zero-order valence-corrected chi connectivity index (χ0v) is 20.0. The number of fused-ring (bicyclic) bond motifs is 1. The van der Waals surface area contributed by atoms with Crippen LogP contribution in [0.25, 0.3) is 22.3 Å². The van der Waals surface area contributed by atoms with Gasteiger partial charge in [0.15, 0.2) is 5.65 Å². The van der Waals surface area contributed by atoms with Gasteiger partial charge >= 0.3 is 0 Å². The lowest BCUT2D eigenvalue weighted by atomic mass is 10.0. The van der Waals surface area contributed by atoms with Gasteiger partial charge in [0.25, 0.3) is 5.91 Å². The van der Waals surface area contributed by atoms with Crippen molar-refractivity contribution in [3.63, 3.8) is 0 Å². The summed E-state index contributed by atoms with van der Waals surface area (Å²) < 4.78 is 3.38. The third-order valence-electron chi connectivity index (χ3n) is 5.58. The molecule has 3 aromatic heterocycles. The van der Waals surface area contributed by atoms with Gasteiger partial charge in [-0.15, -0.1) is 0 Å². The van der Waals surface area contributed by atoms with Gasteiger partial charge in [0.1, 0.15) is 5.82 Å². The Bertz CT molecular complexity index is 1520. The SMILES string of the molecule is Cc1nn(C)c2nc(-c3ccccc3)cc(C(=O)Nc3ccnn3Cc3ccc(Cl)cc3Cl)c12. The minimum atomic E-state index is -0.273. The molecule has 0 unspecified atom stereocenters. The Morgan fingerprint density at radius 3 is 2.62 bits per heavy atom. The van der Waals surface area contributed by atoms with E-state index in [2.05, 4.69) is 15.5 Å². The standard InChI is InChI=1S/C25H20Cl2N6O/c1-15-23-19(13-21(16-6-4-3-5-7-16)29-24(23)32(2)31-15)25(34)30-22-10-11-28-33(22)14-17-8-9-18(26)12-20(17)27/h3-13H,14H2,1-2H3,(H,30,34). The first-order valence-electron chi connectivity index (χ1n) is 10.6. The molecule has 34 heavy (non-hydrogen) atoms. The molecule has 5 rings (SSSR count). The molecule has 0 fully saturated rings. The van der Waals surface area contributed by atoms with Crippen LogP contribution in [0.3, 0.4) is 0 Å². The normalized spacial score (nSPS) is 11.2. The van der Waals surface area contributed by atoms with E-state index < -0.39 is 0 Å². The van der Waals surface area contributed by atoms with Gasteiger partial charge < -0.3 is 5.32 Å². The molecule has 0 saturated heterocycles. The fourth-order valence-corrected chi connectivity index (χ4v) is 4.41. The second-order valence-corrected chi connectivity index (χ2v) is 8.74. The minimum absolute atomic E-state index is 0.273. The highest BCUT2D eigenvalue weighted by Gasteiger charge is 2.20. The van der Waals surface area contributed by atoms with E-state index in [0.717, 1.165) is 16.8 Å². The molecule has 0 atom stereocenters. The Balaban J connectivity index is 1.52. The van der Waals surface area contributed by atoms with Crippen molar-refractivity contribution >= 4 is 46.0 Å². The predicted octanol–water partition coefficient (Wildman–Crippen LogP) is 5.75. The molecule has 2 aromatic carbocycles. The van der Waals surface area contributed by atoms with Crippen molar-refractivity contribution in [2.24, 2.45) is 7.05 Å². The monoisotopic (exact) mass is 490 g/mol. The van der Waals surface area contributed by atoms with Crippen LogP contribution in [-0.4, -0.2) is 30.5 Å². The molecule has 0 saturated carbocycles. The van der Waals surface area contributed by atoms with Crippen LogP contribution in [-0.2, 0) is 13.6 Å². The Morgan fingerprint density at radius 2 is 1.85 bits per heavy atom. The molecule has 5 aromatic rings. The summed E-state index contributed by atoms with van der Waals surface area (Å²) in [5.74, 6) is 0.272. The molecule has 0 radical (unpaired) electrons. The number of rotatable bonds is 5. The Labute approximate surface area is 205 Å². The number of hydrogen-bond donors (Lipinski definition) is 1. The summed E-state index contributed by atoms with van der Waals surface area (Å²) in [7, 11) is 1.82. The van der Waals surface area contributed by atoms with Gasteiger partial charge in [-0.1, -0.05) is 59.6 Å². The summed E-state index contributed by atoms with van der Waals surface area (Å²) >= 11 is 12.3. The summed E-state index contributed by atoms with van der Waals surface area (Å²) in [6.07, 6.45) is 1.63. The molecule has 1 amide bonds. The van der Waals surface area contributed by atoms with Gasteiger partial charge in [-0.3, -0.25) is 9.48 Å². The van der Waals surface area contributed by atoms with Crippen LogP contribution >= 0.6 is 23.2 Å². The van der Waals surface area contributed by atoms with Gasteiger partial charge in [0.05, 0.1) is 35.1 Å². The van der Waals surface area contributed by atoms with Crippen molar-refractivity contribution in [1.29, 1.82) is 0 Å². The van der Waals surface area contributed by atoms with Gasteiger partial charge in [-0.2, -0.15) is 10.2 Å². The lowest BCUT2D eigenvalue weighted by Crippen LogP contribution is -2.17. The quantitative estimate of drug-likeness (QED) is 0.340. The van der Waals surface area contributed by atoms with Crippen molar-refractivity contribution < 1.29 is 4.79 Å². The maximum atomic E-state index is 13.5. The second kappa shape index (κ2) is 8.93. The van der Waals surface area contributed by atoms with Crippen LogP contribution in [0.4, 0.5) is 5.82 Å². The average Bonchev–Trinajstić information content (AvgIpc) is 3.38. The van der Waals surface area contributed by atoms with E-state index in [-0.39, 0.29) is 5.91 Å². The van der Waals surface area contributed by atoms with Crippen LogP contribution in [0.1, 0.15) is 21.6 Å². The van der Waals surface area contributed by atoms with Crippen LogP contribution < -0.4 is 5.32 Å². The number of aryl methyl sites for hydroxylation is 2. The molecular weight excluding hydrogens is 471 g/mol. The van der Waals surface area contributed by atoms with Gasteiger partial charge in [0.2, 0.25) is 0 Å².